The van der Waals surface area contributed by atoms with Crippen LogP contribution in [0.15, 0.2) is 60.7 Å². The Balaban J connectivity index is 1.95. The van der Waals surface area contributed by atoms with Gasteiger partial charge in [0, 0.05) is 25.9 Å². The summed E-state index contributed by atoms with van der Waals surface area (Å²) in [6.07, 6.45) is 1.80. The van der Waals surface area contributed by atoms with Crippen molar-refractivity contribution in [3.8, 4) is 0 Å². The number of hydrogen-bond acceptors (Lipinski definition) is 3. The molecule has 0 atom stereocenters. The Morgan fingerprint density at radius 2 is 1.28 bits per heavy atom. The molecule has 5 nitrogen and oxygen atoms in total. The van der Waals surface area contributed by atoms with Crippen molar-refractivity contribution < 1.29 is 14.8 Å². The third kappa shape index (κ3) is 6.77. The van der Waals surface area contributed by atoms with Crippen LogP contribution in [0.3, 0.4) is 0 Å². The summed E-state index contributed by atoms with van der Waals surface area (Å²) in [5.41, 5.74) is 3.79. The Hall–Kier alpha value is -2.66. The predicted molar refractivity (Wildman–Crippen MR) is 95.5 cm³/mol. The molecule has 132 valence electrons. The molecule has 0 spiro atoms. The van der Waals surface area contributed by atoms with E-state index < -0.39 is 5.91 Å². The lowest BCUT2D eigenvalue weighted by molar-refractivity contribution is -0.133. The summed E-state index contributed by atoms with van der Waals surface area (Å²) < 4.78 is 0. The fraction of sp³-hybridized carbons (Fsp3) is 0.300. The fourth-order valence-electron chi connectivity index (χ4n) is 2.62. The van der Waals surface area contributed by atoms with Crippen LogP contribution in [-0.4, -0.2) is 21.9 Å². The summed E-state index contributed by atoms with van der Waals surface area (Å²) >= 11 is 0. The fourth-order valence-corrected chi connectivity index (χ4v) is 2.62. The van der Waals surface area contributed by atoms with Gasteiger partial charge in [0.25, 0.3) is 0 Å². The third-order valence-corrected chi connectivity index (χ3v) is 3.95. The van der Waals surface area contributed by atoms with E-state index in [2.05, 4.69) is 0 Å². The van der Waals surface area contributed by atoms with Gasteiger partial charge in [0.15, 0.2) is 0 Å². The maximum Gasteiger partial charge on any atom is 0.243 e. The number of rotatable bonds is 9. The molecule has 2 aromatic carbocycles. The molecule has 5 heteroatoms. The number of nitrogens with one attached hydrogen (secondary N) is 1. The van der Waals surface area contributed by atoms with Crippen LogP contribution in [0.1, 0.15) is 36.8 Å². The largest absolute Gasteiger partial charge is 0.334 e. The van der Waals surface area contributed by atoms with Crippen molar-refractivity contribution in [1.29, 1.82) is 0 Å². The maximum atomic E-state index is 12.6. The molecule has 0 bridgehead atoms. The number of hydrogen-bond donors (Lipinski definition) is 2. The van der Waals surface area contributed by atoms with Crippen molar-refractivity contribution >= 4 is 11.8 Å². The lowest BCUT2D eigenvalue weighted by Gasteiger charge is -2.23. The van der Waals surface area contributed by atoms with E-state index in [4.69, 9.17) is 5.21 Å². The Morgan fingerprint density at radius 1 is 0.800 bits per heavy atom. The van der Waals surface area contributed by atoms with Gasteiger partial charge in [0.05, 0.1) is 0 Å². The zero-order chi connectivity index (χ0) is 17.9. The molecule has 0 aliphatic carbocycles. The van der Waals surface area contributed by atoms with Gasteiger partial charge in [-0.1, -0.05) is 60.7 Å². The van der Waals surface area contributed by atoms with Gasteiger partial charge in [0.1, 0.15) is 0 Å². The van der Waals surface area contributed by atoms with Crippen molar-refractivity contribution in [2.75, 3.05) is 0 Å². The third-order valence-electron chi connectivity index (χ3n) is 3.95. The van der Waals surface area contributed by atoms with Crippen LogP contribution < -0.4 is 5.48 Å². The van der Waals surface area contributed by atoms with Crippen LogP contribution in [0, 0.1) is 0 Å². The minimum atomic E-state index is -0.419. The highest BCUT2D eigenvalue weighted by molar-refractivity contribution is 5.76. The number of unbranched alkanes of at least 4 members (excludes halogenated alkanes) is 1. The van der Waals surface area contributed by atoms with Crippen molar-refractivity contribution in [1.82, 2.24) is 10.4 Å². The summed E-state index contributed by atoms with van der Waals surface area (Å²) in [7, 11) is 0. The first kappa shape index (κ1) is 18.7. The first-order valence-corrected chi connectivity index (χ1v) is 8.47. The molecule has 0 aromatic heterocycles. The zero-order valence-electron chi connectivity index (χ0n) is 14.2. The van der Waals surface area contributed by atoms with Crippen molar-refractivity contribution in [3.05, 3.63) is 71.8 Å². The van der Waals surface area contributed by atoms with Crippen molar-refractivity contribution in [2.45, 2.75) is 38.8 Å². The van der Waals surface area contributed by atoms with Gasteiger partial charge in [-0.05, 0) is 24.0 Å². The summed E-state index contributed by atoms with van der Waals surface area (Å²) in [6.45, 7) is 1.12. The van der Waals surface area contributed by atoms with Crippen LogP contribution in [0.25, 0.3) is 0 Å². The minimum Gasteiger partial charge on any atom is -0.334 e. The molecular formula is C20H24N2O3. The normalized spacial score (nSPS) is 10.3. The number of nitrogens with zero attached hydrogens (tertiary/aromatic N) is 1. The number of carbonyl (C=O) groups is 2. The lowest BCUT2D eigenvalue weighted by Crippen LogP contribution is -2.30. The summed E-state index contributed by atoms with van der Waals surface area (Å²) in [6, 6.07) is 19.8. The molecule has 0 heterocycles. The van der Waals surface area contributed by atoms with Gasteiger partial charge in [-0.2, -0.15) is 0 Å². The molecule has 2 N–H and O–H groups in total. The van der Waals surface area contributed by atoms with Gasteiger partial charge in [0.2, 0.25) is 11.8 Å². The van der Waals surface area contributed by atoms with Crippen LogP contribution in [0.2, 0.25) is 0 Å². The molecule has 2 rings (SSSR count). The molecule has 0 fully saturated rings. The summed E-state index contributed by atoms with van der Waals surface area (Å²) in [5, 5.41) is 8.49. The smallest absolute Gasteiger partial charge is 0.243 e. The molecule has 0 aliphatic heterocycles. The standard InChI is InChI=1S/C20H24N2O3/c23-19(21-25)13-7-8-14-20(24)22(15-17-9-3-1-4-10-17)16-18-11-5-2-6-12-18/h1-6,9-12,25H,7-8,13-16H2,(H,21,23). The average Bonchev–Trinajstić information content (AvgIpc) is 2.66. The number of amides is 2. The van der Waals surface area contributed by atoms with Crippen LogP contribution in [0.5, 0.6) is 0 Å². The molecular weight excluding hydrogens is 316 g/mol. The minimum absolute atomic E-state index is 0.0668. The zero-order valence-corrected chi connectivity index (χ0v) is 14.2. The van der Waals surface area contributed by atoms with E-state index in [1.54, 1.807) is 5.48 Å². The second kappa shape index (κ2) is 10.3. The van der Waals surface area contributed by atoms with Gasteiger partial charge in [-0.25, -0.2) is 5.48 Å². The summed E-state index contributed by atoms with van der Waals surface area (Å²) in [5.74, 6) is -0.352. The monoisotopic (exact) mass is 340 g/mol. The van der Waals surface area contributed by atoms with E-state index in [-0.39, 0.29) is 12.3 Å². The van der Waals surface area contributed by atoms with Gasteiger partial charge < -0.3 is 4.90 Å². The van der Waals surface area contributed by atoms with E-state index in [9.17, 15) is 9.59 Å². The summed E-state index contributed by atoms with van der Waals surface area (Å²) in [4.78, 5) is 25.5. The van der Waals surface area contributed by atoms with Crippen molar-refractivity contribution in [3.63, 3.8) is 0 Å². The molecule has 0 unspecified atom stereocenters. The topological polar surface area (TPSA) is 69.6 Å². The van der Waals surface area contributed by atoms with Gasteiger partial charge in [-0.3, -0.25) is 14.8 Å². The Kier molecular flexibility index (Phi) is 7.66. The molecule has 25 heavy (non-hydrogen) atoms. The molecule has 2 amide bonds. The van der Waals surface area contributed by atoms with Crippen LogP contribution in [-0.2, 0) is 22.7 Å². The number of carbonyl (C=O) groups excluding carboxylic acids is 2. The van der Waals surface area contributed by atoms with E-state index in [0.29, 0.717) is 32.4 Å². The van der Waals surface area contributed by atoms with E-state index in [1.165, 1.54) is 0 Å². The van der Waals surface area contributed by atoms with Gasteiger partial charge in [-0.15, -0.1) is 0 Å². The lowest BCUT2D eigenvalue weighted by atomic mass is 10.1. The average molecular weight is 340 g/mol. The SMILES string of the molecule is O=C(CCCCC(=O)N(Cc1ccccc1)Cc1ccccc1)NO. The highest BCUT2D eigenvalue weighted by Gasteiger charge is 2.14. The highest BCUT2D eigenvalue weighted by atomic mass is 16.5. The van der Waals surface area contributed by atoms with Crippen LogP contribution in [0.4, 0.5) is 0 Å². The highest BCUT2D eigenvalue weighted by Crippen LogP contribution is 2.13. The Bertz CT molecular complexity index is 618. The number of hydroxylamine groups is 1. The second-order valence-corrected chi connectivity index (χ2v) is 5.96. The first-order chi connectivity index (χ1) is 12.2. The van der Waals surface area contributed by atoms with Crippen LogP contribution >= 0.6 is 0 Å². The van der Waals surface area contributed by atoms with E-state index in [0.717, 1.165) is 11.1 Å². The van der Waals surface area contributed by atoms with E-state index >= 15 is 0 Å². The quantitative estimate of drug-likeness (QED) is 0.418. The molecule has 2 aromatic rings. The van der Waals surface area contributed by atoms with Gasteiger partial charge >= 0.3 is 0 Å². The molecule has 0 radical (unpaired) electrons. The Morgan fingerprint density at radius 3 is 1.76 bits per heavy atom. The molecule has 0 saturated heterocycles. The predicted octanol–water partition coefficient (Wildman–Crippen LogP) is 3.28. The Labute approximate surface area is 148 Å². The van der Waals surface area contributed by atoms with E-state index in [1.807, 2.05) is 65.6 Å². The maximum absolute atomic E-state index is 12.6. The molecule has 0 saturated carbocycles. The second-order valence-electron chi connectivity index (χ2n) is 5.96. The number of benzene rings is 2. The first-order valence-electron chi connectivity index (χ1n) is 8.47. The van der Waals surface area contributed by atoms with Crippen molar-refractivity contribution in [2.24, 2.45) is 0 Å². The molecule has 0 aliphatic rings.